The number of rotatable bonds is 53. The lowest BCUT2D eigenvalue weighted by Gasteiger charge is -2.18. The van der Waals surface area contributed by atoms with E-state index in [0.717, 1.165) is 122 Å². The van der Waals surface area contributed by atoms with E-state index in [9.17, 15) is 14.4 Å². The molecular weight excluding hydrogens is 865 g/mol. The van der Waals surface area contributed by atoms with Crippen LogP contribution in [0.5, 0.6) is 0 Å². The molecular formula is C64H110O6. The van der Waals surface area contributed by atoms with Gasteiger partial charge in [-0.25, -0.2) is 0 Å². The van der Waals surface area contributed by atoms with Gasteiger partial charge in [-0.3, -0.25) is 14.4 Å². The van der Waals surface area contributed by atoms with Crippen LogP contribution in [0.1, 0.15) is 284 Å². The number of carbonyl (C=O) groups is 3. The zero-order valence-electron chi connectivity index (χ0n) is 46.0. The molecule has 0 radical (unpaired) electrons. The van der Waals surface area contributed by atoms with E-state index in [-0.39, 0.29) is 31.1 Å². The minimum atomic E-state index is -0.785. The molecule has 0 aliphatic carbocycles. The van der Waals surface area contributed by atoms with Crippen LogP contribution in [0, 0.1) is 0 Å². The molecule has 0 aliphatic rings. The molecule has 1 atom stereocenters. The third-order valence-electron chi connectivity index (χ3n) is 12.6. The Labute approximate surface area is 433 Å². The highest BCUT2D eigenvalue weighted by Gasteiger charge is 2.19. The summed E-state index contributed by atoms with van der Waals surface area (Å²) in [4.78, 5) is 38.1. The molecule has 0 aromatic rings. The fourth-order valence-corrected chi connectivity index (χ4v) is 8.21. The second-order valence-electron chi connectivity index (χ2n) is 19.5. The molecule has 0 aromatic carbocycles. The molecule has 70 heavy (non-hydrogen) atoms. The van der Waals surface area contributed by atoms with Crippen LogP contribution >= 0.6 is 0 Å². The SMILES string of the molecule is CC/C=C\C/C=C\C/C=C\C/C=C\C/C=C\CCCCCCCCCCCC(=O)OCC(COC(=O)CCCCCCCCCCCCCC)OC(=O)CCCCCCC/C=C\C/C=C\CCCCC. The molecule has 1 unspecified atom stereocenters. The monoisotopic (exact) mass is 975 g/mol. The van der Waals surface area contributed by atoms with Gasteiger partial charge >= 0.3 is 17.9 Å². The molecule has 0 spiro atoms. The third kappa shape index (κ3) is 55.5. The fraction of sp³-hybridized carbons (Fsp3) is 0.734. The maximum atomic E-state index is 12.8. The molecule has 0 bridgehead atoms. The predicted octanol–water partition coefficient (Wildman–Crippen LogP) is 19.9. The third-order valence-corrected chi connectivity index (χ3v) is 12.6. The zero-order chi connectivity index (χ0) is 50.7. The first-order chi connectivity index (χ1) is 34.5. The van der Waals surface area contributed by atoms with E-state index in [1.54, 1.807) is 0 Å². The van der Waals surface area contributed by atoms with Crippen LogP contribution in [0.2, 0.25) is 0 Å². The van der Waals surface area contributed by atoms with E-state index in [2.05, 4.69) is 106 Å². The van der Waals surface area contributed by atoms with Crippen LogP contribution in [-0.2, 0) is 28.6 Å². The Bertz CT molecular complexity index is 1350. The topological polar surface area (TPSA) is 78.9 Å². The molecule has 0 N–H and O–H groups in total. The van der Waals surface area contributed by atoms with Crippen LogP contribution in [0.25, 0.3) is 0 Å². The molecule has 0 aromatic heterocycles. The Hall–Kier alpha value is -3.41. The molecule has 0 amide bonds. The van der Waals surface area contributed by atoms with E-state index in [4.69, 9.17) is 14.2 Å². The summed E-state index contributed by atoms with van der Waals surface area (Å²) in [6.07, 6.45) is 75.7. The van der Waals surface area contributed by atoms with Gasteiger partial charge in [0, 0.05) is 19.3 Å². The summed E-state index contributed by atoms with van der Waals surface area (Å²) < 4.78 is 16.9. The maximum absolute atomic E-state index is 12.8. The first-order valence-corrected chi connectivity index (χ1v) is 29.6. The van der Waals surface area contributed by atoms with E-state index >= 15 is 0 Å². The van der Waals surface area contributed by atoms with Gasteiger partial charge in [0.15, 0.2) is 6.10 Å². The largest absolute Gasteiger partial charge is 0.462 e. The number of allylic oxidation sites excluding steroid dienone is 14. The summed E-state index contributed by atoms with van der Waals surface area (Å²) in [5.41, 5.74) is 0. The Kier molecular flexibility index (Phi) is 55.3. The number of esters is 3. The van der Waals surface area contributed by atoms with Gasteiger partial charge in [-0.15, -0.1) is 0 Å². The van der Waals surface area contributed by atoms with Crippen molar-refractivity contribution < 1.29 is 28.6 Å². The Morgan fingerprint density at radius 2 is 0.557 bits per heavy atom. The maximum Gasteiger partial charge on any atom is 0.306 e. The molecule has 0 saturated heterocycles. The van der Waals surface area contributed by atoms with Crippen molar-refractivity contribution in [2.75, 3.05) is 13.2 Å². The lowest BCUT2D eigenvalue weighted by atomic mass is 10.0. The number of hydrogen-bond donors (Lipinski definition) is 0. The first kappa shape index (κ1) is 66.6. The summed E-state index contributed by atoms with van der Waals surface area (Å²) in [6.45, 7) is 6.50. The van der Waals surface area contributed by atoms with Gasteiger partial charge in [0.25, 0.3) is 0 Å². The van der Waals surface area contributed by atoms with Crippen LogP contribution < -0.4 is 0 Å². The van der Waals surface area contributed by atoms with Gasteiger partial charge < -0.3 is 14.2 Å². The van der Waals surface area contributed by atoms with Crippen molar-refractivity contribution in [3.63, 3.8) is 0 Å². The van der Waals surface area contributed by atoms with Crippen molar-refractivity contribution in [3.8, 4) is 0 Å². The summed E-state index contributed by atoms with van der Waals surface area (Å²) >= 11 is 0. The minimum Gasteiger partial charge on any atom is -0.462 e. The van der Waals surface area contributed by atoms with Crippen molar-refractivity contribution in [3.05, 3.63) is 85.1 Å². The average molecular weight is 976 g/mol. The summed E-state index contributed by atoms with van der Waals surface area (Å²) in [7, 11) is 0. The van der Waals surface area contributed by atoms with E-state index < -0.39 is 6.10 Å². The molecule has 6 nitrogen and oxygen atoms in total. The van der Waals surface area contributed by atoms with Crippen LogP contribution in [0.4, 0.5) is 0 Å². The van der Waals surface area contributed by atoms with E-state index in [0.29, 0.717) is 19.3 Å². The average Bonchev–Trinajstić information content (AvgIpc) is 3.36. The number of ether oxygens (including phenoxy) is 3. The summed E-state index contributed by atoms with van der Waals surface area (Å²) in [6, 6.07) is 0. The number of hydrogen-bond acceptors (Lipinski definition) is 6. The van der Waals surface area contributed by atoms with Crippen LogP contribution in [0.15, 0.2) is 85.1 Å². The number of carbonyl (C=O) groups excluding carboxylic acids is 3. The molecule has 0 fully saturated rings. The zero-order valence-corrected chi connectivity index (χ0v) is 46.0. The number of unbranched alkanes of at least 4 members (excludes halogenated alkanes) is 28. The highest BCUT2D eigenvalue weighted by molar-refractivity contribution is 5.71. The molecule has 0 aliphatic heterocycles. The molecule has 6 heteroatoms. The van der Waals surface area contributed by atoms with Crippen molar-refractivity contribution in [1.29, 1.82) is 0 Å². The second kappa shape index (κ2) is 58.2. The minimum absolute atomic E-state index is 0.0817. The van der Waals surface area contributed by atoms with Gasteiger partial charge in [-0.1, -0.05) is 254 Å². The van der Waals surface area contributed by atoms with Gasteiger partial charge in [-0.2, -0.15) is 0 Å². The lowest BCUT2D eigenvalue weighted by molar-refractivity contribution is -0.167. The van der Waals surface area contributed by atoms with Crippen molar-refractivity contribution in [1.82, 2.24) is 0 Å². The molecule has 0 rings (SSSR count). The molecule has 0 heterocycles. The Morgan fingerprint density at radius 3 is 0.900 bits per heavy atom. The van der Waals surface area contributed by atoms with Crippen molar-refractivity contribution in [2.24, 2.45) is 0 Å². The van der Waals surface area contributed by atoms with Crippen LogP contribution in [-0.4, -0.2) is 37.2 Å². The first-order valence-electron chi connectivity index (χ1n) is 29.6. The normalized spacial score (nSPS) is 12.7. The van der Waals surface area contributed by atoms with Gasteiger partial charge in [0.2, 0.25) is 0 Å². The summed E-state index contributed by atoms with van der Waals surface area (Å²) in [5, 5.41) is 0. The standard InChI is InChI=1S/C64H110O6/c1-4-7-10-13-16-19-22-25-27-28-29-30-31-32-33-34-35-36-38-39-42-45-48-51-54-57-63(66)69-60-61(59-68-62(65)56-53-50-47-44-41-24-21-18-15-12-9-6-3)70-64(67)58-55-52-49-46-43-40-37-26-23-20-17-14-11-8-5-2/h7,10,16-17,19-20,25-27,29-30,32-33,37,61H,4-6,8-9,11-15,18,21-24,28,31,34-36,38-60H2,1-3H3/b10-7-,19-16-,20-17-,27-25-,30-29-,33-32-,37-26-. The quantitative estimate of drug-likeness (QED) is 0.0261. The smallest absolute Gasteiger partial charge is 0.306 e. The van der Waals surface area contributed by atoms with E-state index in [1.807, 2.05) is 0 Å². The molecule has 0 saturated carbocycles. The van der Waals surface area contributed by atoms with Gasteiger partial charge in [0.05, 0.1) is 0 Å². The van der Waals surface area contributed by atoms with Crippen LogP contribution in [0.3, 0.4) is 0 Å². The Morgan fingerprint density at radius 1 is 0.300 bits per heavy atom. The van der Waals surface area contributed by atoms with Crippen molar-refractivity contribution in [2.45, 2.75) is 290 Å². The molecule has 402 valence electrons. The van der Waals surface area contributed by atoms with Gasteiger partial charge in [-0.05, 0) is 96.3 Å². The second-order valence-corrected chi connectivity index (χ2v) is 19.5. The highest BCUT2D eigenvalue weighted by atomic mass is 16.6. The lowest BCUT2D eigenvalue weighted by Crippen LogP contribution is -2.30. The highest BCUT2D eigenvalue weighted by Crippen LogP contribution is 2.15. The van der Waals surface area contributed by atoms with Gasteiger partial charge in [0.1, 0.15) is 13.2 Å². The fourth-order valence-electron chi connectivity index (χ4n) is 8.21. The Balaban J connectivity index is 4.31. The predicted molar refractivity (Wildman–Crippen MR) is 302 cm³/mol. The van der Waals surface area contributed by atoms with E-state index in [1.165, 1.54) is 122 Å². The summed E-state index contributed by atoms with van der Waals surface area (Å²) in [5.74, 6) is -0.895. The van der Waals surface area contributed by atoms with Crippen molar-refractivity contribution >= 4 is 17.9 Å².